The number of nitrogens with zero attached hydrogens (tertiary/aromatic N) is 3. The predicted octanol–water partition coefficient (Wildman–Crippen LogP) is 4.98. The van der Waals surface area contributed by atoms with Crippen LogP contribution < -0.4 is 10.9 Å². The Kier molecular flexibility index (Phi) is 4.73. The Morgan fingerprint density at radius 3 is 2.47 bits per heavy atom. The number of aryl methyl sites for hydroxylation is 3. The van der Waals surface area contributed by atoms with E-state index in [9.17, 15) is 4.79 Å². The maximum absolute atomic E-state index is 13.1. The van der Waals surface area contributed by atoms with E-state index in [1.165, 1.54) is 0 Å². The third kappa shape index (κ3) is 3.61. The monoisotopic (exact) mass is 401 g/mol. The molecule has 154 valence electrons. The van der Waals surface area contributed by atoms with Crippen LogP contribution in [0.4, 0.5) is 11.6 Å². The van der Waals surface area contributed by atoms with Gasteiger partial charge in [-0.25, -0.2) is 4.98 Å². The number of rotatable bonds is 3. The van der Waals surface area contributed by atoms with Crippen molar-refractivity contribution in [3.63, 3.8) is 0 Å². The number of H-pyrrole nitrogens is 1. The molecule has 1 aromatic carbocycles. The first-order chi connectivity index (χ1) is 14.1. The van der Waals surface area contributed by atoms with Gasteiger partial charge in [0.1, 0.15) is 0 Å². The Labute approximate surface area is 176 Å². The predicted molar refractivity (Wildman–Crippen MR) is 122 cm³/mol. The average molecular weight is 402 g/mol. The first-order valence-corrected chi connectivity index (χ1v) is 10.0. The fourth-order valence-electron chi connectivity index (χ4n) is 3.55. The lowest BCUT2D eigenvalue weighted by Gasteiger charge is -2.15. The van der Waals surface area contributed by atoms with Crippen LogP contribution in [0.2, 0.25) is 0 Å². The van der Waals surface area contributed by atoms with Gasteiger partial charge in [0.05, 0.1) is 11.7 Å². The number of aromatic amines is 1. The van der Waals surface area contributed by atoms with Gasteiger partial charge < -0.3 is 14.9 Å². The Hall–Kier alpha value is -3.41. The summed E-state index contributed by atoms with van der Waals surface area (Å²) in [6.45, 7) is 10.4. The zero-order chi connectivity index (χ0) is 21.6. The number of benzene rings is 1. The van der Waals surface area contributed by atoms with Gasteiger partial charge in [0.25, 0.3) is 5.56 Å². The molecule has 3 aromatic heterocycles. The van der Waals surface area contributed by atoms with Crippen LogP contribution in [0.15, 0.2) is 47.5 Å². The Morgan fingerprint density at radius 1 is 1.00 bits per heavy atom. The first-order valence-electron chi connectivity index (χ1n) is 10.0. The van der Waals surface area contributed by atoms with Gasteiger partial charge in [-0.2, -0.15) is 0 Å². The van der Waals surface area contributed by atoms with E-state index in [1.54, 1.807) is 4.57 Å². The standard InChI is InChI=1S/C24H27N5O/c1-14-7-8-17(27-23-26-13-21(28-23)24(3,4)5)11-18(14)19-10-16-12-25-15(2)9-20(16)29(6)22(19)30/h7-13H,1-6H3,(H2,26,27,28). The molecule has 30 heavy (non-hydrogen) atoms. The number of aromatic nitrogens is 4. The van der Waals surface area contributed by atoms with E-state index in [4.69, 9.17) is 0 Å². The van der Waals surface area contributed by atoms with Gasteiger partial charge in [0, 0.05) is 46.7 Å². The molecule has 0 bridgehead atoms. The van der Waals surface area contributed by atoms with Crippen LogP contribution in [0.5, 0.6) is 0 Å². The van der Waals surface area contributed by atoms with Crippen molar-refractivity contribution >= 4 is 22.5 Å². The van der Waals surface area contributed by atoms with E-state index in [-0.39, 0.29) is 11.0 Å². The zero-order valence-electron chi connectivity index (χ0n) is 18.3. The molecule has 0 saturated carbocycles. The van der Waals surface area contributed by atoms with Crippen LogP contribution in [0.25, 0.3) is 22.0 Å². The Morgan fingerprint density at radius 2 is 1.77 bits per heavy atom. The quantitative estimate of drug-likeness (QED) is 0.508. The van der Waals surface area contributed by atoms with Crippen molar-refractivity contribution < 1.29 is 0 Å². The van der Waals surface area contributed by atoms with E-state index < -0.39 is 0 Å². The van der Waals surface area contributed by atoms with Gasteiger partial charge in [-0.15, -0.1) is 0 Å². The summed E-state index contributed by atoms with van der Waals surface area (Å²) >= 11 is 0. The van der Waals surface area contributed by atoms with E-state index in [0.29, 0.717) is 11.5 Å². The Balaban J connectivity index is 1.77. The van der Waals surface area contributed by atoms with E-state index in [2.05, 4.69) is 41.0 Å². The van der Waals surface area contributed by atoms with E-state index >= 15 is 0 Å². The van der Waals surface area contributed by atoms with Crippen molar-refractivity contribution in [2.24, 2.45) is 7.05 Å². The molecule has 6 heteroatoms. The number of nitrogens with one attached hydrogen (secondary N) is 2. The Bertz CT molecular complexity index is 1310. The molecule has 4 rings (SSSR count). The minimum atomic E-state index is -0.0265. The van der Waals surface area contributed by atoms with Gasteiger partial charge in [0.2, 0.25) is 5.95 Å². The molecule has 0 aliphatic heterocycles. The second kappa shape index (κ2) is 7.13. The van der Waals surface area contributed by atoms with Crippen molar-refractivity contribution in [3.05, 3.63) is 70.0 Å². The summed E-state index contributed by atoms with van der Waals surface area (Å²) in [5, 5.41) is 4.27. The van der Waals surface area contributed by atoms with Gasteiger partial charge in [-0.1, -0.05) is 26.8 Å². The summed E-state index contributed by atoms with van der Waals surface area (Å²) < 4.78 is 1.70. The highest BCUT2D eigenvalue weighted by Crippen LogP contribution is 2.28. The molecule has 4 aromatic rings. The second-order valence-electron chi connectivity index (χ2n) is 8.86. The summed E-state index contributed by atoms with van der Waals surface area (Å²) in [6, 6.07) is 9.88. The van der Waals surface area contributed by atoms with Crippen LogP contribution in [-0.2, 0) is 12.5 Å². The average Bonchev–Trinajstić information content (AvgIpc) is 3.16. The highest BCUT2D eigenvalue weighted by molar-refractivity contribution is 5.85. The van der Waals surface area contributed by atoms with Gasteiger partial charge in [-0.3, -0.25) is 9.78 Å². The summed E-state index contributed by atoms with van der Waals surface area (Å²) in [5.41, 5.74) is 6.26. The lowest BCUT2D eigenvalue weighted by molar-refractivity contribution is 0.573. The minimum absolute atomic E-state index is 0.00490. The third-order valence-electron chi connectivity index (χ3n) is 5.42. The van der Waals surface area contributed by atoms with Crippen LogP contribution in [-0.4, -0.2) is 19.5 Å². The minimum Gasteiger partial charge on any atom is -0.327 e. The molecular formula is C24H27N5O. The summed E-state index contributed by atoms with van der Waals surface area (Å²) in [4.78, 5) is 25.3. The fourth-order valence-corrected chi connectivity index (χ4v) is 3.55. The third-order valence-corrected chi connectivity index (χ3v) is 5.42. The molecule has 0 fully saturated rings. The number of hydrogen-bond donors (Lipinski definition) is 2. The number of anilines is 2. The molecular weight excluding hydrogens is 374 g/mol. The molecule has 2 N–H and O–H groups in total. The summed E-state index contributed by atoms with van der Waals surface area (Å²) in [7, 11) is 1.81. The van der Waals surface area contributed by atoms with E-state index in [0.717, 1.165) is 39.1 Å². The number of fused-ring (bicyclic) bond motifs is 1. The normalized spacial score (nSPS) is 11.8. The van der Waals surface area contributed by atoms with Gasteiger partial charge in [0.15, 0.2) is 0 Å². The van der Waals surface area contributed by atoms with Crippen molar-refractivity contribution in [1.29, 1.82) is 0 Å². The van der Waals surface area contributed by atoms with Crippen LogP contribution in [0.1, 0.15) is 37.7 Å². The molecule has 0 spiro atoms. The molecule has 0 aliphatic rings. The summed E-state index contributed by atoms with van der Waals surface area (Å²) in [6.07, 6.45) is 3.67. The molecule has 0 saturated heterocycles. The van der Waals surface area contributed by atoms with Crippen molar-refractivity contribution in [3.8, 4) is 11.1 Å². The second-order valence-corrected chi connectivity index (χ2v) is 8.86. The molecule has 6 nitrogen and oxygen atoms in total. The molecule has 0 radical (unpaired) electrons. The van der Waals surface area contributed by atoms with E-state index in [1.807, 2.05) is 63.6 Å². The van der Waals surface area contributed by atoms with Crippen molar-refractivity contribution in [1.82, 2.24) is 19.5 Å². The highest BCUT2D eigenvalue weighted by Gasteiger charge is 2.17. The SMILES string of the molecule is Cc1cc2c(cn1)cc(-c1cc(Nc3ncc(C(C)(C)C)[nH]3)ccc1C)c(=O)n2C. The molecule has 0 unspecified atom stereocenters. The lowest BCUT2D eigenvalue weighted by atomic mass is 9.93. The topological polar surface area (TPSA) is 75.6 Å². The molecule has 0 amide bonds. The number of pyridine rings is 2. The van der Waals surface area contributed by atoms with Crippen LogP contribution in [0.3, 0.4) is 0 Å². The lowest BCUT2D eigenvalue weighted by Crippen LogP contribution is -2.19. The first kappa shape index (κ1) is 19.9. The molecule has 0 atom stereocenters. The molecule has 3 heterocycles. The summed E-state index contributed by atoms with van der Waals surface area (Å²) in [5.74, 6) is 0.681. The van der Waals surface area contributed by atoms with Crippen LogP contribution >= 0.6 is 0 Å². The largest absolute Gasteiger partial charge is 0.327 e. The van der Waals surface area contributed by atoms with Crippen molar-refractivity contribution in [2.75, 3.05) is 5.32 Å². The maximum Gasteiger partial charge on any atom is 0.258 e. The fraction of sp³-hybridized carbons (Fsp3) is 0.292. The highest BCUT2D eigenvalue weighted by atomic mass is 16.1. The zero-order valence-corrected chi connectivity index (χ0v) is 18.3. The maximum atomic E-state index is 13.1. The van der Waals surface area contributed by atoms with Gasteiger partial charge >= 0.3 is 0 Å². The number of imidazole rings is 1. The smallest absolute Gasteiger partial charge is 0.258 e. The molecule has 0 aliphatic carbocycles. The number of hydrogen-bond acceptors (Lipinski definition) is 4. The van der Waals surface area contributed by atoms with Crippen LogP contribution in [0, 0.1) is 13.8 Å². The van der Waals surface area contributed by atoms with Crippen molar-refractivity contribution in [2.45, 2.75) is 40.0 Å². The van der Waals surface area contributed by atoms with Gasteiger partial charge in [-0.05, 0) is 49.2 Å².